The SMILES string of the molecule is CNCc1nnc(N(C)Cc2cccc(Cl)c2)o1. The molecule has 6 heteroatoms. The highest BCUT2D eigenvalue weighted by Gasteiger charge is 2.10. The second-order valence-electron chi connectivity index (χ2n) is 3.99. The van der Waals surface area contributed by atoms with Crippen LogP contribution in [0.25, 0.3) is 0 Å². The lowest BCUT2D eigenvalue weighted by Crippen LogP contribution is -2.16. The second-order valence-corrected chi connectivity index (χ2v) is 4.43. The molecule has 0 saturated heterocycles. The van der Waals surface area contributed by atoms with Gasteiger partial charge < -0.3 is 14.6 Å². The van der Waals surface area contributed by atoms with Gasteiger partial charge in [-0.1, -0.05) is 28.8 Å². The molecule has 18 heavy (non-hydrogen) atoms. The van der Waals surface area contributed by atoms with Gasteiger partial charge in [-0.25, -0.2) is 0 Å². The van der Waals surface area contributed by atoms with E-state index >= 15 is 0 Å². The number of hydrogen-bond donors (Lipinski definition) is 1. The Morgan fingerprint density at radius 3 is 2.94 bits per heavy atom. The first-order valence-electron chi connectivity index (χ1n) is 5.61. The highest BCUT2D eigenvalue weighted by atomic mass is 35.5. The number of aromatic nitrogens is 2. The molecule has 1 aromatic heterocycles. The van der Waals surface area contributed by atoms with E-state index in [1.807, 2.05) is 43.3 Å². The van der Waals surface area contributed by atoms with Gasteiger partial charge in [-0.15, -0.1) is 5.10 Å². The minimum atomic E-state index is 0.500. The summed E-state index contributed by atoms with van der Waals surface area (Å²) in [4.78, 5) is 1.89. The van der Waals surface area contributed by atoms with Gasteiger partial charge >= 0.3 is 6.01 Å². The summed E-state index contributed by atoms with van der Waals surface area (Å²) >= 11 is 5.94. The molecule has 0 spiro atoms. The molecular formula is C12H15ClN4O. The summed E-state index contributed by atoms with van der Waals surface area (Å²) < 4.78 is 5.50. The summed E-state index contributed by atoms with van der Waals surface area (Å²) in [7, 11) is 3.73. The van der Waals surface area contributed by atoms with Crippen LogP contribution >= 0.6 is 11.6 Å². The van der Waals surface area contributed by atoms with Crippen molar-refractivity contribution >= 4 is 17.6 Å². The third kappa shape index (κ3) is 3.21. The first-order valence-corrected chi connectivity index (χ1v) is 5.99. The Kier molecular flexibility index (Phi) is 4.17. The Bertz CT molecular complexity index is 514. The monoisotopic (exact) mass is 266 g/mol. The zero-order chi connectivity index (χ0) is 13.0. The molecule has 0 radical (unpaired) electrons. The predicted octanol–water partition coefficient (Wildman–Crippen LogP) is 2.08. The fraction of sp³-hybridized carbons (Fsp3) is 0.333. The quantitative estimate of drug-likeness (QED) is 0.898. The van der Waals surface area contributed by atoms with Crippen LogP contribution in [0.3, 0.4) is 0 Å². The fourth-order valence-corrected chi connectivity index (χ4v) is 1.81. The molecule has 1 N–H and O–H groups in total. The molecule has 5 nitrogen and oxygen atoms in total. The molecule has 0 atom stereocenters. The van der Waals surface area contributed by atoms with E-state index in [0.29, 0.717) is 25.0 Å². The van der Waals surface area contributed by atoms with E-state index in [9.17, 15) is 0 Å². The minimum Gasteiger partial charge on any atom is -0.407 e. The molecule has 2 aromatic rings. The number of nitrogens with one attached hydrogen (secondary N) is 1. The minimum absolute atomic E-state index is 0.500. The lowest BCUT2D eigenvalue weighted by molar-refractivity contribution is 0.475. The van der Waals surface area contributed by atoms with Gasteiger partial charge in [0.2, 0.25) is 5.89 Å². The maximum absolute atomic E-state index is 5.94. The maximum atomic E-state index is 5.94. The summed E-state index contributed by atoms with van der Waals surface area (Å²) in [6.07, 6.45) is 0. The van der Waals surface area contributed by atoms with E-state index in [4.69, 9.17) is 16.0 Å². The van der Waals surface area contributed by atoms with Gasteiger partial charge in [0, 0.05) is 18.6 Å². The molecule has 0 amide bonds. The zero-order valence-electron chi connectivity index (χ0n) is 10.4. The van der Waals surface area contributed by atoms with Gasteiger partial charge in [-0.2, -0.15) is 0 Å². The average molecular weight is 267 g/mol. The molecule has 1 heterocycles. The Balaban J connectivity index is 2.04. The van der Waals surface area contributed by atoms with Crippen LogP contribution in [0.5, 0.6) is 0 Å². The van der Waals surface area contributed by atoms with Crippen molar-refractivity contribution in [1.29, 1.82) is 0 Å². The number of halogens is 1. The molecule has 2 rings (SSSR count). The number of nitrogens with zero attached hydrogens (tertiary/aromatic N) is 3. The van der Waals surface area contributed by atoms with Crippen molar-refractivity contribution in [3.63, 3.8) is 0 Å². The Hall–Kier alpha value is -1.59. The Morgan fingerprint density at radius 2 is 2.22 bits per heavy atom. The van der Waals surface area contributed by atoms with Crippen LogP contribution in [0.2, 0.25) is 5.02 Å². The number of benzene rings is 1. The van der Waals surface area contributed by atoms with Gasteiger partial charge in [-0.05, 0) is 24.7 Å². The number of rotatable bonds is 5. The first kappa shape index (κ1) is 12.9. The van der Waals surface area contributed by atoms with Crippen LogP contribution in [-0.2, 0) is 13.1 Å². The molecule has 96 valence electrons. The summed E-state index contributed by atoms with van der Waals surface area (Å²) in [5.74, 6) is 0.574. The third-order valence-corrected chi connectivity index (χ3v) is 2.65. The van der Waals surface area contributed by atoms with Crippen LogP contribution < -0.4 is 10.2 Å². The smallest absolute Gasteiger partial charge is 0.318 e. The van der Waals surface area contributed by atoms with Crippen LogP contribution in [0, 0.1) is 0 Å². The second kappa shape index (κ2) is 5.84. The largest absolute Gasteiger partial charge is 0.407 e. The van der Waals surface area contributed by atoms with E-state index in [1.165, 1.54) is 0 Å². The Labute approximate surface area is 111 Å². The van der Waals surface area contributed by atoms with E-state index in [2.05, 4.69) is 15.5 Å². The van der Waals surface area contributed by atoms with E-state index in [-0.39, 0.29) is 0 Å². The van der Waals surface area contributed by atoms with Crippen LogP contribution in [-0.4, -0.2) is 24.3 Å². The molecular weight excluding hydrogens is 252 g/mol. The van der Waals surface area contributed by atoms with E-state index in [1.54, 1.807) is 0 Å². The topological polar surface area (TPSA) is 54.2 Å². The van der Waals surface area contributed by atoms with Gasteiger partial charge in [0.25, 0.3) is 0 Å². The predicted molar refractivity (Wildman–Crippen MR) is 70.6 cm³/mol. The fourth-order valence-electron chi connectivity index (χ4n) is 1.60. The summed E-state index contributed by atoms with van der Waals surface area (Å²) in [5, 5.41) is 11.6. The lowest BCUT2D eigenvalue weighted by atomic mass is 10.2. The highest BCUT2D eigenvalue weighted by molar-refractivity contribution is 6.30. The third-order valence-electron chi connectivity index (χ3n) is 2.42. The molecule has 0 saturated carbocycles. The Morgan fingerprint density at radius 1 is 1.39 bits per heavy atom. The van der Waals surface area contributed by atoms with Crippen molar-refractivity contribution in [2.75, 3.05) is 19.0 Å². The molecule has 0 aliphatic heterocycles. The standard InChI is InChI=1S/C12H15ClN4O/c1-14-7-11-15-16-12(18-11)17(2)8-9-4-3-5-10(13)6-9/h3-6,14H,7-8H2,1-2H3. The molecule has 0 fully saturated rings. The van der Waals surface area contributed by atoms with Crippen molar-refractivity contribution in [2.45, 2.75) is 13.1 Å². The normalized spacial score (nSPS) is 10.6. The zero-order valence-corrected chi connectivity index (χ0v) is 11.1. The van der Waals surface area contributed by atoms with Crippen molar-refractivity contribution in [3.05, 3.63) is 40.7 Å². The van der Waals surface area contributed by atoms with Crippen LogP contribution in [0.15, 0.2) is 28.7 Å². The van der Waals surface area contributed by atoms with Gasteiger partial charge in [0.1, 0.15) is 0 Å². The molecule has 0 aliphatic carbocycles. The summed E-state index contributed by atoms with van der Waals surface area (Å²) in [6.45, 7) is 1.24. The van der Waals surface area contributed by atoms with Gasteiger partial charge in [-0.3, -0.25) is 0 Å². The number of anilines is 1. The van der Waals surface area contributed by atoms with E-state index in [0.717, 1.165) is 10.6 Å². The lowest BCUT2D eigenvalue weighted by Gasteiger charge is -2.13. The molecule has 0 aliphatic rings. The van der Waals surface area contributed by atoms with Crippen molar-refractivity contribution in [1.82, 2.24) is 15.5 Å². The highest BCUT2D eigenvalue weighted by Crippen LogP contribution is 2.16. The summed E-state index contributed by atoms with van der Waals surface area (Å²) in [6, 6.07) is 8.20. The van der Waals surface area contributed by atoms with E-state index < -0.39 is 0 Å². The van der Waals surface area contributed by atoms with Crippen molar-refractivity contribution < 1.29 is 4.42 Å². The molecule has 0 unspecified atom stereocenters. The van der Waals surface area contributed by atoms with Crippen LogP contribution in [0.1, 0.15) is 11.5 Å². The average Bonchev–Trinajstić information content (AvgIpc) is 2.78. The van der Waals surface area contributed by atoms with Gasteiger partial charge in [0.05, 0.1) is 6.54 Å². The maximum Gasteiger partial charge on any atom is 0.318 e. The number of hydrogen-bond acceptors (Lipinski definition) is 5. The van der Waals surface area contributed by atoms with Crippen molar-refractivity contribution in [3.8, 4) is 0 Å². The summed E-state index contributed by atoms with van der Waals surface area (Å²) in [5.41, 5.74) is 1.10. The molecule has 0 bridgehead atoms. The van der Waals surface area contributed by atoms with Crippen molar-refractivity contribution in [2.24, 2.45) is 0 Å². The van der Waals surface area contributed by atoms with Gasteiger partial charge in [0.15, 0.2) is 0 Å². The molecule has 1 aromatic carbocycles. The van der Waals surface area contributed by atoms with Crippen LogP contribution in [0.4, 0.5) is 6.01 Å². The first-order chi connectivity index (χ1) is 8.69.